The Kier molecular flexibility index (Phi) is 7.83. The molecule has 0 saturated carbocycles. The monoisotopic (exact) mass is 766 g/mol. The maximum absolute atomic E-state index is 2.49. The average Bonchev–Trinajstić information content (AvgIpc) is 3.80. The van der Waals surface area contributed by atoms with Crippen LogP contribution in [-0.4, -0.2) is 4.57 Å². The van der Waals surface area contributed by atoms with Crippen LogP contribution in [0.15, 0.2) is 212 Å². The number of hydrogen-bond donors (Lipinski definition) is 0. The molecule has 2 heteroatoms. The van der Waals surface area contributed by atoms with Gasteiger partial charge in [0.1, 0.15) is 0 Å². The standard InChI is InChI=1S/C58H42N2/c1-39-16-15-27-56-57(39)52-37-48(31-33-55(52)60(56)46-23-9-4-10-24-46)59(47-29-28-42-34-40-17-11-12-18-41(40)35-43(42)36-47)49-30-32-51-50-25-13-14-26-53(50)58(54(51)38-49,44-19-5-2-6-20-44)45-21-7-3-8-22-45/h2-15,17-39H,16H2,1H3. The first-order valence-corrected chi connectivity index (χ1v) is 21.2. The van der Waals surface area contributed by atoms with Gasteiger partial charge in [0.2, 0.25) is 0 Å². The molecule has 0 fully saturated rings. The summed E-state index contributed by atoms with van der Waals surface area (Å²) in [4.78, 5) is 2.49. The number of hydrogen-bond acceptors (Lipinski definition) is 1. The molecule has 0 radical (unpaired) electrons. The summed E-state index contributed by atoms with van der Waals surface area (Å²) in [6, 6.07) is 76.7. The third-order valence-corrected chi connectivity index (χ3v) is 13.2. The van der Waals surface area contributed by atoms with Gasteiger partial charge >= 0.3 is 0 Å². The van der Waals surface area contributed by atoms with E-state index in [1.807, 2.05) is 0 Å². The molecule has 0 spiro atoms. The summed E-state index contributed by atoms with van der Waals surface area (Å²) in [6.45, 7) is 2.38. The van der Waals surface area contributed by atoms with Crippen LogP contribution in [-0.2, 0) is 5.41 Å². The van der Waals surface area contributed by atoms with Crippen molar-refractivity contribution in [2.45, 2.75) is 24.7 Å². The fraction of sp³-hybridized carbons (Fsp3) is 0.0690. The fourth-order valence-corrected chi connectivity index (χ4v) is 10.6. The molecule has 1 aromatic heterocycles. The van der Waals surface area contributed by atoms with E-state index in [0.29, 0.717) is 5.92 Å². The van der Waals surface area contributed by atoms with Gasteiger partial charge in [-0.2, -0.15) is 0 Å². The van der Waals surface area contributed by atoms with Gasteiger partial charge in [0.05, 0.1) is 10.9 Å². The lowest BCUT2D eigenvalue weighted by molar-refractivity contribution is 0.768. The Hall–Kier alpha value is -7.42. The smallest absolute Gasteiger partial charge is 0.0714 e. The number of allylic oxidation sites excluding steroid dienone is 1. The molecule has 12 rings (SSSR count). The van der Waals surface area contributed by atoms with E-state index in [-0.39, 0.29) is 0 Å². The van der Waals surface area contributed by atoms with Crippen LogP contribution in [0.3, 0.4) is 0 Å². The van der Waals surface area contributed by atoms with E-state index >= 15 is 0 Å². The number of nitrogens with zero attached hydrogens (tertiary/aromatic N) is 2. The van der Waals surface area contributed by atoms with E-state index in [2.05, 4.69) is 235 Å². The average molecular weight is 767 g/mol. The lowest BCUT2D eigenvalue weighted by Crippen LogP contribution is -2.28. The Morgan fingerprint density at radius 3 is 1.80 bits per heavy atom. The van der Waals surface area contributed by atoms with Crippen molar-refractivity contribution in [3.05, 3.63) is 246 Å². The number of rotatable bonds is 6. The second-order valence-electron chi connectivity index (χ2n) is 16.5. The van der Waals surface area contributed by atoms with Crippen LogP contribution in [0.1, 0.15) is 52.8 Å². The van der Waals surface area contributed by atoms with Crippen molar-refractivity contribution in [2.75, 3.05) is 4.90 Å². The predicted octanol–water partition coefficient (Wildman–Crippen LogP) is 15.3. The van der Waals surface area contributed by atoms with Crippen LogP contribution in [0, 0.1) is 0 Å². The van der Waals surface area contributed by atoms with Crippen LogP contribution in [0.25, 0.3) is 55.3 Å². The highest BCUT2D eigenvalue weighted by molar-refractivity contribution is 6.01. The van der Waals surface area contributed by atoms with Crippen LogP contribution in [0.2, 0.25) is 0 Å². The third kappa shape index (κ3) is 5.14. The summed E-state index contributed by atoms with van der Waals surface area (Å²) in [6.07, 6.45) is 5.70. The van der Waals surface area contributed by atoms with Gasteiger partial charge in [-0.3, -0.25) is 0 Å². The van der Waals surface area contributed by atoms with E-state index in [1.54, 1.807) is 0 Å². The number of aromatic nitrogens is 1. The SMILES string of the molecule is CC1CC=Cc2c1c1cc(N(c3ccc4c(c3)C(c3ccccc3)(c3ccccc3)c3ccccc3-4)c3ccc4cc5ccccc5cc4c3)ccc1n2-c1ccccc1. The van der Waals surface area contributed by atoms with Crippen molar-refractivity contribution in [3.8, 4) is 16.8 Å². The zero-order valence-corrected chi connectivity index (χ0v) is 33.5. The quantitative estimate of drug-likeness (QED) is 0.153. The third-order valence-electron chi connectivity index (χ3n) is 13.2. The molecular formula is C58H42N2. The molecule has 0 amide bonds. The topological polar surface area (TPSA) is 8.17 Å². The summed E-state index contributed by atoms with van der Waals surface area (Å²) in [5.74, 6) is 0.394. The molecule has 1 heterocycles. The Labute approximate surface area is 350 Å². The van der Waals surface area contributed by atoms with Gasteiger partial charge in [-0.25, -0.2) is 0 Å². The van der Waals surface area contributed by atoms with Crippen molar-refractivity contribution < 1.29 is 0 Å². The van der Waals surface area contributed by atoms with Crippen molar-refractivity contribution >= 4 is 55.6 Å². The van der Waals surface area contributed by atoms with Gasteiger partial charge in [0.15, 0.2) is 0 Å². The van der Waals surface area contributed by atoms with Crippen LogP contribution >= 0.6 is 0 Å². The molecule has 1 unspecified atom stereocenters. The van der Waals surface area contributed by atoms with Crippen LogP contribution < -0.4 is 4.90 Å². The number of fused-ring (bicyclic) bond motifs is 8. The molecule has 0 N–H and O–H groups in total. The van der Waals surface area contributed by atoms with Gasteiger partial charge in [0.25, 0.3) is 0 Å². The number of benzene rings is 9. The highest BCUT2D eigenvalue weighted by Crippen LogP contribution is 2.57. The molecule has 1 atom stereocenters. The Balaban J connectivity index is 1.14. The minimum Gasteiger partial charge on any atom is -0.310 e. The summed E-state index contributed by atoms with van der Waals surface area (Å²) in [5, 5.41) is 6.26. The summed E-state index contributed by atoms with van der Waals surface area (Å²) < 4.78 is 2.45. The summed E-state index contributed by atoms with van der Waals surface area (Å²) in [5.41, 5.74) is 15.7. The molecule has 0 aliphatic heterocycles. The van der Waals surface area contributed by atoms with Crippen molar-refractivity contribution in [1.82, 2.24) is 4.57 Å². The molecule has 2 nitrogen and oxygen atoms in total. The molecule has 284 valence electrons. The van der Waals surface area contributed by atoms with E-state index in [0.717, 1.165) is 23.5 Å². The molecular weight excluding hydrogens is 725 g/mol. The first-order chi connectivity index (χ1) is 29.7. The lowest BCUT2D eigenvalue weighted by Gasteiger charge is -2.35. The first-order valence-electron chi connectivity index (χ1n) is 21.2. The molecule has 9 aromatic carbocycles. The predicted molar refractivity (Wildman–Crippen MR) is 252 cm³/mol. The van der Waals surface area contributed by atoms with Gasteiger partial charge in [-0.15, -0.1) is 0 Å². The number of para-hydroxylation sites is 1. The second-order valence-corrected chi connectivity index (χ2v) is 16.5. The maximum Gasteiger partial charge on any atom is 0.0714 e. The van der Waals surface area contributed by atoms with Crippen LogP contribution in [0.4, 0.5) is 17.1 Å². The van der Waals surface area contributed by atoms with Gasteiger partial charge in [-0.05, 0) is 146 Å². The Morgan fingerprint density at radius 1 is 0.483 bits per heavy atom. The summed E-state index contributed by atoms with van der Waals surface area (Å²) >= 11 is 0. The lowest BCUT2D eigenvalue weighted by atomic mass is 9.67. The van der Waals surface area contributed by atoms with Crippen LogP contribution in [0.5, 0.6) is 0 Å². The molecule has 0 bridgehead atoms. The van der Waals surface area contributed by atoms with E-state index in [9.17, 15) is 0 Å². The minimum absolute atomic E-state index is 0.394. The zero-order valence-electron chi connectivity index (χ0n) is 33.5. The highest BCUT2D eigenvalue weighted by atomic mass is 15.1. The normalized spacial score (nSPS) is 14.9. The summed E-state index contributed by atoms with van der Waals surface area (Å²) in [7, 11) is 0. The molecule has 2 aliphatic rings. The van der Waals surface area contributed by atoms with Crippen molar-refractivity contribution in [3.63, 3.8) is 0 Å². The van der Waals surface area contributed by atoms with Crippen molar-refractivity contribution in [1.29, 1.82) is 0 Å². The van der Waals surface area contributed by atoms with Gasteiger partial charge < -0.3 is 9.47 Å². The van der Waals surface area contributed by atoms with E-state index < -0.39 is 5.41 Å². The maximum atomic E-state index is 2.49. The largest absolute Gasteiger partial charge is 0.310 e. The molecule has 60 heavy (non-hydrogen) atoms. The molecule has 2 aliphatic carbocycles. The molecule has 10 aromatic rings. The molecule has 0 saturated heterocycles. The first kappa shape index (κ1) is 34.6. The Bertz CT molecular complexity index is 3260. The van der Waals surface area contributed by atoms with E-state index in [1.165, 1.54) is 82.8 Å². The Morgan fingerprint density at radius 2 is 1.05 bits per heavy atom. The van der Waals surface area contributed by atoms with E-state index in [4.69, 9.17) is 0 Å². The van der Waals surface area contributed by atoms with Crippen molar-refractivity contribution in [2.24, 2.45) is 0 Å². The second kappa shape index (κ2) is 13.6. The highest BCUT2D eigenvalue weighted by Gasteiger charge is 2.46. The zero-order chi connectivity index (χ0) is 39.8. The van der Waals surface area contributed by atoms with Gasteiger partial charge in [-0.1, -0.05) is 153 Å². The minimum atomic E-state index is -0.504. The number of anilines is 3. The van der Waals surface area contributed by atoms with Gasteiger partial charge in [0, 0.05) is 33.8 Å². The fourth-order valence-electron chi connectivity index (χ4n) is 10.6.